The van der Waals surface area contributed by atoms with E-state index in [0.29, 0.717) is 19.6 Å². The standard InChI is InChI=1S/C13H18BrFN2O2S/c1-13(2)9-17(7-6-16(13)3)20(18,19)12-5-4-10(15)8-11(12)14/h4-5,8H,6-7,9H2,1-3H3. The molecule has 7 heteroatoms. The number of sulfonamides is 1. The van der Waals surface area contributed by atoms with Crippen LogP contribution in [0.5, 0.6) is 0 Å². The van der Waals surface area contributed by atoms with Crippen LogP contribution in [0.2, 0.25) is 0 Å². The van der Waals surface area contributed by atoms with Crippen molar-refractivity contribution in [1.82, 2.24) is 9.21 Å². The highest BCUT2D eigenvalue weighted by atomic mass is 79.9. The van der Waals surface area contributed by atoms with E-state index in [9.17, 15) is 12.8 Å². The van der Waals surface area contributed by atoms with Gasteiger partial charge in [0.05, 0.1) is 4.90 Å². The lowest BCUT2D eigenvalue weighted by Gasteiger charge is -2.44. The molecule has 0 unspecified atom stereocenters. The summed E-state index contributed by atoms with van der Waals surface area (Å²) >= 11 is 3.13. The first-order valence-corrected chi connectivity index (χ1v) is 8.54. The molecular formula is C13H18BrFN2O2S. The molecule has 20 heavy (non-hydrogen) atoms. The molecule has 0 aliphatic carbocycles. The van der Waals surface area contributed by atoms with E-state index in [1.807, 2.05) is 20.9 Å². The minimum absolute atomic E-state index is 0.110. The molecule has 1 saturated heterocycles. The predicted octanol–water partition coefficient (Wildman–Crippen LogP) is 2.30. The third-order valence-corrected chi connectivity index (χ3v) is 6.62. The lowest BCUT2D eigenvalue weighted by atomic mass is 10.0. The van der Waals surface area contributed by atoms with Gasteiger partial charge in [-0.3, -0.25) is 4.90 Å². The number of benzene rings is 1. The fourth-order valence-electron chi connectivity index (χ4n) is 2.22. The van der Waals surface area contributed by atoms with Gasteiger partial charge in [0, 0.05) is 29.6 Å². The molecule has 0 bridgehead atoms. The van der Waals surface area contributed by atoms with E-state index in [1.165, 1.54) is 22.5 Å². The molecule has 1 aliphatic rings. The molecule has 4 nitrogen and oxygen atoms in total. The van der Waals surface area contributed by atoms with Gasteiger partial charge in [0.25, 0.3) is 0 Å². The van der Waals surface area contributed by atoms with Crippen LogP contribution in [0.1, 0.15) is 13.8 Å². The Kier molecular flexibility index (Phi) is 4.26. The average molecular weight is 365 g/mol. The molecule has 0 saturated carbocycles. The summed E-state index contributed by atoms with van der Waals surface area (Å²) in [6.45, 7) is 5.54. The number of hydrogen-bond acceptors (Lipinski definition) is 3. The van der Waals surface area contributed by atoms with Gasteiger partial charge < -0.3 is 0 Å². The van der Waals surface area contributed by atoms with E-state index in [1.54, 1.807) is 0 Å². The molecule has 1 heterocycles. The van der Waals surface area contributed by atoms with E-state index in [2.05, 4.69) is 20.8 Å². The monoisotopic (exact) mass is 364 g/mol. The van der Waals surface area contributed by atoms with Crippen LogP contribution >= 0.6 is 15.9 Å². The summed E-state index contributed by atoms with van der Waals surface area (Å²) in [7, 11) is -1.63. The Bertz CT molecular complexity index is 619. The Balaban J connectivity index is 2.36. The lowest BCUT2D eigenvalue weighted by molar-refractivity contribution is 0.0801. The highest BCUT2D eigenvalue weighted by Crippen LogP contribution is 2.29. The summed E-state index contributed by atoms with van der Waals surface area (Å²) in [5, 5.41) is 0. The molecule has 2 rings (SSSR count). The van der Waals surface area contributed by atoms with Crippen LogP contribution in [0.3, 0.4) is 0 Å². The summed E-state index contributed by atoms with van der Waals surface area (Å²) in [6.07, 6.45) is 0. The van der Waals surface area contributed by atoms with Gasteiger partial charge in [0.1, 0.15) is 5.82 Å². The Hall–Kier alpha value is -0.500. The fourth-order valence-corrected chi connectivity index (χ4v) is 4.82. The van der Waals surface area contributed by atoms with Gasteiger partial charge in [-0.25, -0.2) is 12.8 Å². The normalized spacial score (nSPS) is 21.1. The minimum atomic E-state index is -3.61. The van der Waals surface area contributed by atoms with Gasteiger partial charge in [0.2, 0.25) is 10.0 Å². The average Bonchev–Trinajstić information content (AvgIpc) is 2.31. The Morgan fingerprint density at radius 3 is 2.50 bits per heavy atom. The zero-order valence-corrected chi connectivity index (χ0v) is 14.1. The molecule has 0 radical (unpaired) electrons. The van der Waals surface area contributed by atoms with E-state index >= 15 is 0 Å². The van der Waals surface area contributed by atoms with Crippen LogP contribution in [0.4, 0.5) is 4.39 Å². The summed E-state index contributed by atoms with van der Waals surface area (Å²) in [6, 6.07) is 3.65. The van der Waals surface area contributed by atoms with Crippen molar-refractivity contribution < 1.29 is 12.8 Å². The SMILES string of the molecule is CN1CCN(S(=O)(=O)c2ccc(F)cc2Br)CC1(C)C. The smallest absolute Gasteiger partial charge is 0.244 e. The first kappa shape index (κ1) is 15.9. The maximum absolute atomic E-state index is 13.1. The number of piperazine rings is 1. The van der Waals surface area contributed by atoms with Gasteiger partial charge in [-0.05, 0) is 55.0 Å². The number of halogens is 2. The van der Waals surface area contributed by atoms with Crippen molar-refractivity contribution >= 4 is 26.0 Å². The summed E-state index contributed by atoms with van der Waals surface area (Å²) in [4.78, 5) is 2.25. The highest BCUT2D eigenvalue weighted by Gasteiger charge is 2.37. The predicted molar refractivity (Wildman–Crippen MR) is 79.6 cm³/mol. The van der Waals surface area contributed by atoms with E-state index in [-0.39, 0.29) is 14.9 Å². The van der Waals surface area contributed by atoms with E-state index in [0.717, 1.165) is 0 Å². The Labute approximate surface area is 127 Å². The largest absolute Gasteiger partial charge is 0.299 e. The van der Waals surface area contributed by atoms with Gasteiger partial charge in [-0.2, -0.15) is 4.31 Å². The molecule has 1 fully saturated rings. The number of rotatable bonds is 2. The zero-order valence-electron chi connectivity index (χ0n) is 11.7. The van der Waals surface area contributed by atoms with Crippen LogP contribution in [0.25, 0.3) is 0 Å². The van der Waals surface area contributed by atoms with Gasteiger partial charge in [-0.15, -0.1) is 0 Å². The molecule has 0 amide bonds. The number of hydrogen-bond donors (Lipinski definition) is 0. The molecule has 0 N–H and O–H groups in total. The molecule has 0 aromatic heterocycles. The maximum atomic E-state index is 13.1. The summed E-state index contributed by atoms with van der Waals surface area (Å²) in [5.41, 5.74) is -0.224. The highest BCUT2D eigenvalue weighted by molar-refractivity contribution is 9.10. The van der Waals surface area contributed by atoms with Crippen LogP contribution in [-0.4, -0.2) is 49.8 Å². The third kappa shape index (κ3) is 2.90. The van der Waals surface area contributed by atoms with Crippen molar-refractivity contribution in [2.45, 2.75) is 24.3 Å². The van der Waals surface area contributed by atoms with Gasteiger partial charge in [-0.1, -0.05) is 0 Å². The topological polar surface area (TPSA) is 40.6 Å². The molecule has 112 valence electrons. The van der Waals surface area contributed by atoms with Crippen molar-refractivity contribution in [3.63, 3.8) is 0 Å². The van der Waals surface area contributed by atoms with Crippen molar-refractivity contribution in [3.05, 3.63) is 28.5 Å². The van der Waals surface area contributed by atoms with Crippen molar-refractivity contribution in [3.8, 4) is 0 Å². The Morgan fingerprint density at radius 2 is 1.95 bits per heavy atom. The van der Waals surface area contributed by atoms with Gasteiger partial charge >= 0.3 is 0 Å². The number of nitrogens with zero attached hydrogens (tertiary/aromatic N) is 2. The first-order chi connectivity index (χ1) is 9.14. The minimum Gasteiger partial charge on any atom is -0.299 e. The summed E-state index contributed by atoms with van der Waals surface area (Å²) < 4.78 is 40.2. The van der Waals surface area contributed by atoms with Crippen molar-refractivity contribution in [1.29, 1.82) is 0 Å². The van der Waals surface area contributed by atoms with Crippen LogP contribution in [0, 0.1) is 5.82 Å². The second kappa shape index (κ2) is 5.36. The fraction of sp³-hybridized carbons (Fsp3) is 0.538. The zero-order chi connectivity index (χ0) is 15.1. The van der Waals surface area contributed by atoms with Crippen molar-refractivity contribution in [2.75, 3.05) is 26.7 Å². The maximum Gasteiger partial charge on any atom is 0.244 e. The van der Waals surface area contributed by atoms with Gasteiger partial charge in [0.15, 0.2) is 0 Å². The lowest BCUT2D eigenvalue weighted by Crippen LogP contribution is -2.58. The van der Waals surface area contributed by atoms with E-state index < -0.39 is 15.8 Å². The molecule has 1 aromatic carbocycles. The Morgan fingerprint density at radius 1 is 1.30 bits per heavy atom. The van der Waals surface area contributed by atoms with E-state index in [4.69, 9.17) is 0 Å². The third-order valence-electron chi connectivity index (χ3n) is 3.79. The molecular weight excluding hydrogens is 347 g/mol. The van der Waals surface area contributed by atoms with Crippen LogP contribution < -0.4 is 0 Å². The second-order valence-electron chi connectivity index (χ2n) is 5.65. The first-order valence-electron chi connectivity index (χ1n) is 6.31. The molecule has 1 aromatic rings. The number of likely N-dealkylation sites (N-methyl/N-ethyl adjacent to an activating group) is 1. The quantitative estimate of drug-likeness (QED) is 0.808. The summed E-state index contributed by atoms with van der Waals surface area (Å²) in [5.74, 6) is -0.463. The van der Waals surface area contributed by atoms with Crippen LogP contribution in [-0.2, 0) is 10.0 Å². The van der Waals surface area contributed by atoms with Crippen LogP contribution in [0.15, 0.2) is 27.6 Å². The molecule has 1 aliphatic heterocycles. The second-order valence-corrected chi connectivity index (χ2v) is 8.41. The van der Waals surface area contributed by atoms with Crippen molar-refractivity contribution in [2.24, 2.45) is 0 Å². The molecule has 0 atom stereocenters. The molecule has 0 spiro atoms.